The molecule has 0 fully saturated rings. The van der Waals surface area contributed by atoms with E-state index in [1.807, 2.05) is 0 Å². The minimum absolute atomic E-state index is 0.0935. The van der Waals surface area contributed by atoms with Crippen LogP contribution >= 0.6 is 15.9 Å². The van der Waals surface area contributed by atoms with Crippen LogP contribution in [0.2, 0.25) is 0 Å². The van der Waals surface area contributed by atoms with Gasteiger partial charge in [0.25, 0.3) is 0 Å². The number of sulfone groups is 1. The molecule has 0 atom stereocenters. The van der Waals surface area contributed by atoms with Gasteiger partial charge in [-0.25, -0.2) is 8.42 Å². The molecule has 0 saturated heterocycles. The molecule has 0 amide bonds. The van der Waals surface area contributed by atoms with Gasteiger partial charge in [0.05, 0.1) is 9.79 Å². The SMILES string of the molecule is O=S(=O)(c1ccccc1)c1cc(O)c(O)cc1Br. The second-order valence-electron chi connectivity index (χ2n) is 3.59. The molecular formula is C12H9BrO4S. The smallest absolute Gasteiger partial charge is 0.207 e. The van der Waals surface area contributed by atoms with Crippen LogP contribution in [0.15, 0.2) is 56.7 Å². The zero-order chi connectivity index (χ0) is 13.3. The van der Waals surface area contributed by atoms with E-state index >= 15 is 0 Å². The Kier molecular flexibility index (Phi) is 3.32. The van der Waals surface area contributed by atoms with Crippen molar-refractivity contribution < 1.29 is 18.6 Å². The van der Waals surface area contributed by atoms with Crippen LogP contribution in [0.3, 0.4) is 0 Å². The van der Waals surface area contributed by atoms with Crippen molar-refractivity contribution in [1.82, 2.24) is 0 Å². The van der Waals surface area contributed by atoms with Gasteiger partial charge in [-0.3, -0.25) is 0 Å². The van der Waals surface area contributed by atoms with Crippen molar-refractivity contribution in [2.45, 2.75) is 9.79 Å². The molecule has 2 aromatic rings. The lowest BCUT2D eigenvalue weighted by molar-refractivity contribution is 0.401. The molecule has 0 aliphatic heterocycles. The first-order valence-electron chi connectivity index (χ1n) is 4.94. The fourth-order valence-electron chi connectivity index (χ4n) is 1.46. The van der Waals surface area contributed by atoms with E-state index < -0.39 is 15.6 Å². The number of aromatic hydroxyl groups is 2. The van der Waals surface area contributed by atoms with Crippen LogP contribution in [0.5, 0.6) is 11.5 Å². The molecule has 0 spiro atoms. The Morgan fingerprint density at radius 1 is 0.944 bits per heavy atom. The molecule has 0 radical (unpaired) electrons. The van der Waals surface area contributed by atoms with E-state index in [-0.39, 0.29) is 20.0 Å². The molecule has 0 heterocycles. The van der Waals surface area contributed by atoms with Gasteiger partial charge in [-0.2, -0.15) is 0 Å². The van der Waals surface area contributed by atoms with Gasteiger partial charge in [-0.1, -0.05) is 18.2 Å². The Bertz CT molecular complexity index is 681. The van der Waals surface area contributed by atoms with Gasteiger partial charge in [-0.05, 0) is 34.1 Å². The maximum absolute atomic E-state index is 12.3. The average molecular weight is 329 g/mol. The summed E-state index contributed by atoms with van der Waals surface area (Å²) in [4.78, 5) is 0.0276. The summed E-state index contributed by atoms with van der Waals surface area (Å²) < 4.78 is 24.8. The van der Waals surface area contributed by atoms with E-state index in [1.165, 1.54) is 12.1 Å². The third kappa shape index (κ3) is 2.21. The standard InChI is InChI=1S/C12H9BrO4S/c13-9-6-10(14)11(15)7-12(9)18(16,17)8-4-2-1-3-5-8/h1-7,14-15H. The molecule has 2 rings (SSSR count). The molecule has 0 aliphatic rings. The van der Waals surface area contributed by atoms with Crippen molar-refractivity contribution in [3.05, 3.63) is 46.9 Å². The van der Waals surface area contributed by atoms with Crippen LogP contribution in [-0.2, 0) is 9.84 Å². The van der Waals surface area contributed by atoms with Crippen LogP contribution in [0.25, 0.3) is 0 Å². The fraction of sp³-hybridized carbons (Fsp3) is 0. The summed E-state index contributed by atoms with van der Waals surface area (Å²) in [6.45, 7) is 0. The molecule has 0 aliphatic carbocycles. The predicted molar refractivity (Wildman–Crippen MR) is 69.4 cm³/mol. The van der Waals surface area contributed by atoms with E-state index in [0.29, 0.717) is 0 Å². The summed E-state index contributed by atoms with van der Waals surface area (Å²) in [7, 11) is -3.73. The number of hydrogen-bond donors (Lipinski definition) is 2. The second-order valence-corrected chi connectivity index (χ2v) is 6.36. The highest BCUT2D eigenvalue weighted by Crippen LogP contribution is 2.36. The molecule has 0 unspecified atom stereocenters. The molecular weight excluding hydrogens is 320 g/mol. The first-order valence-corrected chi connectivity index (χ1v) is 7.22. The molecule has 4 nitrogen and oxygen atoms in total. The van der Waals surface area contributed by atoms with Crippen LogP contribution in [0, 0.1) is 0 Å². The third-order valence-electron chi connectivity index (χ3n) is 2.37. The minimum Gasteiger partial charge on any atom is -0.504 e. The van der Waals surface area contributed by atoms with Gasteiger partial charge < -0.3 is 10.2 Å². The lowest BCUT2D eigenvalue weighted by Crippen LogP contribution is -2.02. The van der Waals surface area contributed by atoms with Gasteiger partial charge in [-0.15, -0.1) is 0 Å². The zero-order valence-electron chi connectivity index (χ0n) is 9.04. The average Bonchev–Trinajstić information content (AvgIpc) is 2.34. The molecule has 0 saturated carbocycles. The summed E-state index contributed by atoms with van der Waals surface area (Å²) in [5.74, 6) is -0.860. The maximum atomic E-state index is 12.3. The molecule has 94 valence electrons. The van der Waals surface area contributed by atoms with Crippen LogP contribution in [-0.4, -0.2) is 18.6 Å². The summed E-state index contributed by atoms with van der Waals surface area (Å²) in [5, 5.41) is 18.7. The lowest BCUT2D eigenvalue weighted by Gasteiger charge is -2.08. The van der Waals surface area contributed by atoms with Crippen LogP contribution in [0.4, 0.5) is 0 Å². The monoisotopic (exact) mass is 328 g/mol. The minimum atomic E-state index is -3.73. The summed E-state index contributed by atoms with van der Waals surface area (Å²) in [6, 6.07) is 10.0. The summed E-state index contributed by atoms with van der Waals surface area (Å²) in [6.07, 6.45) is 0. The second kappa shape index (κ2) is 4.62. The first kappa shape index (κ1) is 12.9. The van der Waals surface area contributed by atoms with E-state index in [1.54, 1.807) is 18.2 Å². The zero-order valence-corrected chi connectivity index (χ0v) is 11.4. The number of phenols is 2. The Morgan fingerprint density at radius 2 is 1.50 bits per heavy atom. The summed E-state index contributed by atoms with van der Waals surface area (Å²) in [5.41, 5.74) is 0. The van der Waals surface area contributed by atoms with E-state index in [2.05, 4.69) is 15.9 Å². The Labute approximate surface area is 113 Å². The molecule has 2 N–H and O–H groups in total. The van der Waals surface area contributed by atoms with Gasteiger partial charge in [0.1, 0.15) is 0 Å². The molecule has 18 heavy (non-hydrogen) atoms. The topological polar surface area (TPSA) is 74.6 Å². The normalized spacial score (nSPS) is 11.4. The van der Waals surface area contributed by atoms with Gasteiger partial charge >= 0.3 is 0 Å². The van der Waals surface area contributed by atoms with Gasteiger partial charge in [0.15, 0.2) is 11.5 Å². The van der Waals surface area contributed by atoms with Crippen molar-refractivity contribution in [1.29, 1.82) is 0 Å². The van der Waals surface area contributed by atoms with Crippen molar-refractivity contribution in [3.63, 3.8) is 0 Å². The summed E-state index contributed by atoms with van der Waals surface area (Å²) >= 11 is 3.06. The Balaban J connectivity index is 2.66. The first-order chi connectivity index (χ1) is 8.43. The largest absolute Gasteiger partial charge is 0.504 e. The molecule has 6 heteroatoms. The third-order valence-corrected chi connectivity index (χ3v) is 5.10. The maximum Gasteiger partial charge on any atom is 0.207 e. The van der Waals surface area contributed by atoms with E-state index in [0.717, 1.165) is 12.1 Å². The number of hydrogen-bond acceptors (Lipinski definition) is 4. The number of rotatable bonds is 2. The predicted octanol–water partition coefficient (Wildman–Crippen LogP) is 2.69. The number of halogens is 1. The lowest BCUT2D eigenvalue weighted by atomic mass is 10.3. The van der Waals surface area contributed by atoms with Gasteiger partial charge in [0, 0.05) is 10.5 Å². The highest BCUT2D eigenvalue weighted by molar-refractivity contribution is 9.10. The Hall–Kier alpha value is -1.53. The van der Waals surface area contributed by atoms with E-state index in [9.17, 15) is 18.6 Å². The quantitative estimate of drug-likeness (QED) is 0.831. The van der Waals surface area contributed by atoms with Crippen molar-refractivity contribution >= 4 is 25.8 Å². The highest BCUT2D eigenvalue weighted by atomic mass is 79.9. The molecule has 0 aromatic heterocycles. The number of benzene rings is 2. The van der Waals surface area contributed by atoms with Crippen LogP contribution < -0.4 is 0 Å². The highest BCUT2D eigenvalue weighted by Gasteiger charge is 2.22. The number of phenolic OH excluding ortho intramolecular Hbond substituents is 2. The van der Waals surface area contributed by atoms with Crippen molar-refractivity contribution in [2.24, 2.45) is 0 Å². The van der Waals surface area contributed by atoms with Crippen LogP contribution in [0.1, 0.15) is 0 Å². The Morgan fingerprint density at radius 3 is 2.11 bits per heavy atom. The van der Waals surface area contributed by atoms with E-state index in [4.69, 9.17) is 0 Å². The molecule has 0 bridgehead atoms. The van der Waals surface area contributed by atoms with Crippen molar-refractivity contribution in [2.75, 3.05) is 0 Å². The van der Waals surface area contributed by atoms with Crippen molar-refractivity contribution in [3.8, 4) is 11.5 Å². The molecule has 2 aromatic carbocycles. The fourth-order valence-corrected chi connectivity index (χ4v) is 3.79. The van der Waals surface area contributed by atoms with Gasteiger partial charge in [0.2, 0.25) is 9.84 Å².